The minimum Gasteiger partial charge on any atom is -0.395 e. The molecule has 3 aliphatic rings. The molecule has 7 heteroatoms. The van der Waals surface area contributed by atoms with Crippen LogP contribution in [-0.4, -0.2) is 68.5 Å². The molecule has 3 heterocycles. The molecule has 1 aliphatic heterocycles. The van der Waals surface area contributed by atoms with Crippen LogP contribution in [0.4, 0.5) is 0 Å². The molecule has 0 radical (unpaired) electrons. The van der Waals surface area contributed by atoms with E-state index in [2.05, 4.69) is 45.2 Å². The number of hydrogen-bond acceptors (Lipinski definition) is 6. The second-order valence-electron chi connectivity index (χ2n) is 12.7. The summed E-state index contributed by atoms with van der Waals surface area (Å²) in [5.41, 5.74) is 4.88. The highest BCUT2D eigenvalue weighted by Crippen LogP contribution is 2.34. The largest absolute Gasteiger partial charge is 0.395 e. The van der Waals surface area contributed by atoms with E-state index in [-0.39, 0.29) is 12.7 Å². The Kier molecular flexibility index (Phi) is 9.12. The summed E-state index contributed by atoms with van der Waals surface area (Å²) in [5, 5.41) is 23.9. The van der Waals surface area contributed by atoms with Crippen LogP contribution in [0, 0.1) is 17.8 Å². The standard InChI is InChI=1S/C33H47N5O2/c39-18-17-37-15-12-26(13-16-37)19-25-3-7-28(8-4-25)31-23-38(22-27-5-9-29(40)10-6-27)33-30(31)20-35-32(36-33)21-34-14-11-24-1-2-24/h3-4,7-8,20,23-24,26-27,29,34,39-40H,1-2,5-6,9-19,21-22H2. The van der Waals surface area contributed by atoms with Gasteiger partial charge in [0.05, 0.1) is 19.3 Å². The minimum absolute atomic E-state index is 0.129. The molecule has 3 aromatic rings. The molecule has 6 rings (SSSR count). The van der Waals surface area contributed by atoms with Crippen molar-refractivity contribution in [1.82, 2.24) is 24.8 Å². The molecular formula is C33H47N5O2. The van der Waals surface area contributed by atoms with E-state index in [0.29, 0.717) is 12.5 Å². The van der Waals surface area contributed by atoms with E-state index in [9.17, 15) is 10.2 Å². The van der Waals surface area contributed by atoms with Crippen LogP contribution in [0.5, 0.6) is 0 Å². The zero-order valence-corrected chi connectivity index (χ0v) is 24.0. The maximum Gasteiger partial charge on any atom is 0.144 e. The number of β-amino-alcohol motifs (C(OH)–C–C–N with tert-alkyl or cyclic N) is 1. The predicted molar refractivity (Wildman–Crippen MR) is 160 cm³/mol. The van der Waals surface area contributed by atoms with Gasteiger partial charge in [0.2, 0.25) is 0 Å². The second kappa shape index (κ2) is 13.1. The number of aliphatic hydroxyl groups is 2. The van der Waals surface area contributed by atoms with Crippen LogP contribution in [-0.2, 0) is 19.5 Å². The lowest BCUT2D eigenvalue weighted by Gasteiger charge is -2.31. The Morgan fingerprint density at radius 3 is 2.38 bits per heavy atom. The Morgan fingerprint density at radius 2 is 1.65 bits per heavy atom. The smallest absolute Gasteiger partial charge is 0.144 e. The van der Waals surface area contributed by atoms with Crippen molar-refractivity contribution >= 4 is 11.0 Å². The molecule has 7 nitrogen and oxygen atoms in total. The quantitative estimate of drug-likeness (QED) is 0.284. The van der Waals surface area contributed by atoms with Gasteiger partial charge < -0.3 is 25.0 Å². The van der Waals surface area contributed by atoms with Gasteiger partial charge in [-0.15, -0.1) is 0 Å². The monoisotopic (exact) mass is 545 g/mol. The van der Waals surface area contributed by atoms with Crippen molar-refractivity contribution in [1.29, 1.82) is 0 Å². The molecule has 40 heavy (non-hydrogen) atoms. The van der Waals surface area contributed by atoms with Crippen molar-refractivity contribution in [2.45, 2.75) is 83.4 Å². The Hall–Kier alpha value is -2.32. The van der Waals surface area contributed by atoms with Gasteiger partial charge in [-0.25, -0.2) is 9.97 Å². The lowest BCUT2D eigenvalue weighted by molar-refractivity contribution is 0.104. The van der Waals surface area contributed by atoms with Gasteiger partial charge >= 0.3 is 0 Å². The molecule has 1 saturated heterocycles. The third-order valence-corrected chi connectivity index (χ3v) is 9.56. The lowest BCUT2D eigenvalue weighted by atomic mass is 9.87. The highest BCUT2D eigenvalue weighted by Gasteiger charge is 2.23. The summed E-state index contributed by atoms with van der Waals surface area (Å²) in [6, 6.07) is 9.17. The van der Waals surface area contributed by atoms with Gasteiger partial charge in [0.15, 0.2) is 0 Å². The van der Waals surface area contributed by atoms with Crippen LogP contribution >= 0.6 is 0 Å². The number of aliphatic hydroxyl groups excluding tert-OH is 2. The van der Waals surface area contributed by atoms with Gasteiger partial charge in [-0.05, 0) is 99.9 Å². The Bertz CT molecular complexity index is 1220. The summed E-state index contributed by atoms with van der Waals surface area (Å²) in [6.45, 7) is 5.96. The van der Waals surface area contributed by atoms with Gasteiger partial charge in [0.25, 0.3) is 0 Å². The second-order valence-corrected chi connectivity index (χ2v) is 12.7. The Morgan fingerprint density at radius 1 is 0.900 bits per heavy atom. The number of piperidine rings is 1. The van der Waals surface area contributed by atoms with Crippen LogP contribution in [0.3, 0.4) is 0 Å². The maximum atomic E-state index is 10.0. The zero-order valence-electron chi connectivity index (χ0n) is 24.0. The average Bonchev–Trinajstić information content (AvgIpc) is 3.74. The SMILES string of the molecule is OCCN1CCC(Cc2ccc(-c3cn(CC4CCC(O)CC4)c4nc(CNCCC5CC5)ncc34)cc2)CC1. The van der Waals surface area contributed by atoms with Crippen LogP contribution in [0.1, 0.15) is 69.2 Å². The van der Waals surface area contributed by atoms with E-state index in [1.807, 2.05) is 6.20 Å². The van der Waals surface area contributed by atoms with Crippen molar-refractivity contribution in [3.8, 4) is 11.1 Å². The van der Waals surface area contributed by atoms with Gasteiger partial charge in [-0.1, -0.05) is 37.1 Å². The van der Waals surface area contributed by atoms with E-state index in [1.54, 1.807) is 0 Å². The van der Waals surface area contributed by atoms with Crippen LogP contribution in [0.25, 0.3) is 22.2 Å². The summed E-state index contributed by atoms with van der Waals surface area (Å²) < 4.78 is 2.36. The maximum absolute atomic E-state index is 10.0. The number of nitrogens with one attached hydrogen (secondary N) is 1. The molecule has 1 aromatic carbocycles. The molecule has 0 atom stereocenters. The summed E-state index contributed by atoms with van der Waals surface area (Å²) in [4.78, 5) is 12.2. The number of aromatic nitrogens is 3. The molecule has 3 fully saturated rings. The van der Waals surface area contributed by atoms with Crippen molar-refractivity contribution < 1.29 is 10.2 Å². The first kappa shape index (κ1) is 27.8. The normalized spacial score (nSPS) is 22.8. The lowest BCUT2D eigenvalue weighted by Crippen LogP contribution is -2.36. The fourth-order valence-corrected chi connectivity index (χ4v) is 6.79. The third kappa shape index (κ3) is 7.11. The molecule has 2 aliphatic carbocycles. The average molecular weight is 546 g/mol. The minimum atomic E-state index is -0.129. The molecule has 2 saturated carbocycles. The number of fused-ring (bicyclic) bond motifs is 1. The van der Waals surface area contributed by atoms with E-state index >= 15 is 0 Å². The molecule has 0 unspecified atom stereocenters. The van der Waals surface area contributed by atoms with E-state index in [0.717, 1.165) is 93.5 Å². The van der Waals surface area contributed by atoms with E-state index in [4.69, 9.17) is 9.97 Å². The van der Waals surface area contributed by atoms with Crippen LogP contribution in [0.15, 0.2) is 36.7 Å². The van der Waals surface area contributed by atoms with Crippen molar-refractivity contribution in [3.05, 3.63) is 48.0 Å². The molecule has 3 N–H and O–H groups in total. The zero-order chi connectivity index (χ0) is 27.3. The molecule has 2 aromatic heterocycles. The first-order valence-electron chi connectivity index (χ1n) is 15.8. The van der Waals surface area contributed by atoms with Gasteiger partial charge in [-0.2, -0.15) is 0 Å². The van der Waals surface area contributed by atoms with Crippen LogP contribution in [0.2, 0.25) is 0 Å². The Labute approximate surface area is 239 Å². The van der Waals surface area contributed by atoms with Crippen LogP contribution < -0.4 is 5.32 Å². The highest BCUT2D eigenvalue weighted by atomic mass is 16.3. The summed E-state index contributed by atoms with van der Waals surface area (Å²) in [7, 11) is 0. The number of rotatable bonds is 12. The molecule has 216 valence electrons. The number of benzene rings is 1. The third-order valence-electron chi connectivity index (χ3n) is 9.56. The van der Waals surface area contributed by atoms with E-state index < -0.39 is 0 Å². The number of hydrogen-bond donors (Lipinski definition) is 3. The fraction of sp³-hybridized carbons (Fsp3) is 0.636. The number of nitrogens with zero attached hydrogens (tertiary/aromatic N) is 4. The fourth-order valence-electron chi connectivity index (χ4n) is 6.79. The summed E-state index contributed by atoms with van der Waals surface area (Å²) >= 11 is 0. The first-order valence-corrected chi connectivity index (χ1v) is 15.8. The predicted octanol–water partition coefficient (Wildman–Crippen LogP) is 4.79. The Balaban J connectivity index is 1.17. The number of likely N-dealkylation sites (tertiary alicyclic amines) is 1. The molecule has 0 bridgehead atoms. The summed E-state index contributed by atoms with van der Waals surface area (Å²) in [5.74, 6) is 3.10. The summed E-state index contributed by atoms with van der Waals surface area (Å²) in [6.07, 6.45) is 15.8. The van der Waals surface area contributed by atoms with Gasteiger partial charge in [0, 0.05) is 36.4 Å². The van der Waals surface area contributed by atoms with Crippen molar-refractivity contribution in [2.75, 3.05) is 32.8 Å². The van der Waals surface area contributed by atoms with E-state index in [1.165, 1.54) is 48.8 Å². The van der Waals surface area contributed by atoms with Gasteiger partial charge in [0.1, 0.15) is 11.5 Å². The molecule has 0 spiro atoms. The van der Waals surface area contributed by atoms with Crippen molar-refractivity contribution in [3.63, 3.8) is 0 Å². The molecular weight excluding hydrogens is 498 g/mol. The van der Waals surface area contributed by atoms with Gasteiger partial charge in [-0.3, -0.25) is 0 Å². The van der Waals surface area contributed by atoms with Crippen molar-refractivity contribution in [2.24, 2.45) is 17.8 Å². The highest BCUT2D eigenvalue weighted by molar-refractivity contribution is 5.93. The topological polar surface area (TPSA) is 86.4 Å². The molecule has 0 amide bonds. The first-order chi connectivity index (χ1) is 19.6.